The average Bonchev–Trinajstić information content (AvgIpc) is 3.26. The third kappa shape index (κ3) is 3.47. The Morgan fingerprint density at radius 3 is 2.67 bits per heavy atom. The molecule has 1 unspecified atom stereocenters. The lowest BCUT2D eigenvalue weighted by atomic mass is 10.1. The smallest absolute Gasteiger partial charge is 0.260 e. The number of anilines is 1. The standard InChI is InChI=1S/C22H23N3O4S/c1-13-6-5-7-19(14(13)2)25-21(17-11-30(27)12-18(17)24-25)23-22(26)16-9-8-15(28-3)10-20(16)29-4/h5-10H,11-12H2,1-4H3,(H,23,26). The van der Waals surface area contributed by atoms with Gasteiger partial charge >= 0.3 is 0 Å². The summed E-state index contributed by atoms with van der Waals surface area (Å²) in [7, 11) is 2.05. The highest BCUT2D eigenvalue weighted by atomic mass is 32.2. The molecule has 0 spiro atoms. The van der Waals surface area contributed by atoms with E-state index in [1.54, 1.807) is 30.0 Å². The number of hydrogen-bond acceptors (Lipinski definition) is 5. The van der Waals surface area contributed by atoms with Gasteiger partial charge < -0.3 is 14.8 Å². The van der Waals surface area contributed by atoms with E-state index < -0.39 is 10.8 Å². The first-order chi connectivity index (χ1) is 14.4. The minimum absolute atomic E-state index is 0.332. The number of carbonyl (C=O) groups excluding carboxylic acids is 1. The maximum absolute atomic E-state index is 13.2. The van der Waals surface area contributed by atoms with Crippen molar-refractivity contribution < 1.29 is 18.5 Å². The summed E-state index contributed by atoms with van der Waals surface area (Å²) < 4.78 is 24.5. The highest BCUT2D eigenvalue weighted by Gasteiger charge is 2.29. The predicted molar refractivity (Wildman–Crippen MR) is 116 cm³/mol. The van der Waals surface area contributed by atoms with Crippen LogP contribution in [0.5, 0.6) is 11.5 Å². The van der Waals surface area contributed by atoms with Crippen LogP contribution in [0.1, 0.15) is 32.7 Å². The molecule has 1 amide bonds. The van der Waals surface area contributed by atoms with Gasteiger partial charge in [-0.3, -0.25) is 9.00 Å². The molecule has 30 heavy (non-hydrogen) atoms. The summed E-state index contributed by atoms with van der Waals surface area (Å²) in [6, 6.07) is 11.0. The third-order valence-corrected chi connectivity index (χ3v) is 6.57. The van der Waals surface area contributed by atoms with Gasteiger partial charge in [0, 0.05) is 22.4 Å². The van der Waals surface area contributed by atoms with E-state index in [0.717, 1.165) is 28.1 Å². The fraction of sp³-hybridized carbons (Fsp3) is 0.273. The lowest BCUT2D eigenvalue weighted by molar-refractivity contribution is 0.102. The van der Waals surface area contributed by atoms with Crippen LogP contribution in [-0.2, 0) is 22.3 Å². The second kappa shape index (κ2) is 7.95. The molecule has 1 aliphatic heterocycles. The number of rotatable bonds is 5. The summed E-state index contributed by atoms with van der Waals surface area (Å²) in [6.07, 6.45) is 0. The van der Waals surface area contributed by atoms with Crippen molar-refractivity contribution in [3.05, 3.63) is 64.3 Å². The van der Waals surface area contributed by atoms with Crippen LogP contribution >= 0.6 is 0 Å². The van der Waals surface area contributed by atoms with Gasteiger partial charge in [0.05, 0.1) is 42.7 Å². The molecule has 3 aromatic rings. The second-order valence-electron chi connectivity index (χ2n) is 7.15. The average molecular weight is 426 g/mol. The first-order valence-electron chi connectivity index (χ1n) is 9.48. The maximum atomic E-state index is 13.2. The predicted octanol–water partition coefficient (Wildman–Crippen LogP) is 3.52. The SMILES string of the molecule is COc1ccc(C(=O)Nc2c3c(nn2-c2cccc(C)c2C)CS(=O)C3)c(OC)c1. The Kier molecular flexibility index (Phi) is 5.34. The highest BCUT2D eigenvalue weighted by molar-refractivity contribution is 7.83. The van der Waals surface area contributed by atoms with Gasteiger partial charge in [0.1, 0.15) is 17.3 Å². The minimum Gasteiger partial charge on any atom is -0.497 e. The molecule has 8 heteroatoms. The highest BCUT2D eigenvalue weighted by Crippen LogP contribution is 2.34. The lowest BCUT2D eigenvalue weighted by Crippen LogP contribution is -2.18. The zero-order valence-corrected chi connectivity index (χ0v) is 18.1. The van der Waals surface area contributed by atoms with Crippen LogP contribution in [0.4, 0.5) is 5.82 Å². The summed E-state index contributed by atoms with van der Waals surface area (Å²) in [5.41, 5.74) is 5.02. The first kappa shape index (κ1) is 20.2. The fourth-order valence-corrected chi connectivity index (χ4v) is 4.82. The van der Waals surface area contributed by atoms with Crippen molar-refractivity contribution in [2.24, 2.45) is 0 Å². The topological polar surface area (TPSA) is 82.5 Å². The number of hydrogen-bond donors (Lipinski definition) is 1. The Labute approximate surface area is 177 Å². The molecular weight excluding hydrogens is 402 g/mol. The molecule has 0 bridgehead atoms. The molecule has 1 aromatic heterocycles. The zero-order chi connectivity index (χ0) is 21.4. The van der Waals surface area contributed by atoms with E-state index in [9.17, 15) is 9.00 Å². The van der Waals surface area contributed by atoms with Gasteiger partial charge in [-0.25, -0.2) is 4.68 Å². The number of benzene rings is 2. The van der Waals surface area contributed by atoms with Gasteiger partial charge in [0.2, 0.25) is 0 Å². The third-order valence-electron chi connectivity index (χ3n) is 5.36. The van der Waals surface area contributed by atoms with Gasteiger partial charge in [-0.15, -0.1) is 0 Å². The van der Waals surface area contributed by atoms with Crippen LogP contribution in [0, 0.1) is 13.8 Å². The quantitative estimate of drug-likeness (QED) is 0.676. The Morgan fingerprint density at radius 2 is 1.93 bits per heavy atom. The van der Waals surface area contributed by atoms with Gasteiger partial charge in [0.25, 0.3) is 5.91 Å². The van der Waals surface area contributed by atoms with Crippen molar-refractivity contribution in [3.63, 3.8) is 0 Å². The number of fused-ring (bicyclic) bond motifs is 1. The van der Waals surface area contributed by atoms with E-state index in [4.69, 9.17) is 9.47 Å². The van der Waals surface area contributed by atoms with Crippen LogP contribution in [0.15, 0.2) is 36.4 Å². The molecule has 2 heterocycles. The Bertz CT molecular complexity index is 1170. The van der Waals surface area contributed by atoms with Gasteiger partial charge in [-0.1, -0.05) is 12.1 Å². The summed E-state index contributed by atoms with van der Waals surface area (Å²) in [5.74, 6) is 1.98. The molecule has 0 aliphatic carbocycles. The monoisotopic (exact) mass is 425 g/mol. The van der Waals surface area contributed by atoms with Crippen molar-refractivity contribution >= 4 is 22.5 Å². The number of methoxy groups -OCH3 is 2. The number of nitrogens with zero attached hydrogens (tertiary/aromatic N) is 2. The molecule has 4 rings (SSSR count). The summed E-state index contributed by atoms with van der Waals surface area (Å²) in [6.45, 7) is 4.05. The van der Waals surface area contributed by atoms with Crippen molar-refractivity contribution in [1.82, 2.24) is 9.78 Å². The van der Waals surface area contributed by atoms with E-state index in [2.05, 4.69) is 10.4 Å². The van der Waals surface area contributed by atoms with E-state index in [-0.39, 0.29) is 5.91 Å². The van der Waals surface area contributed by atoms with Gasteiger partial charge in [-0.05, 0) is 43.2 Å². The summed E-state index contributed by atoms with van der Waals surface area (Å²) in [5, 5.41) is 7.68. The van der Waals surface area contributed by atoms with Crippen LogP contribution in [-0.4, -0.2) is 34.1 Å². The van der Waals surface area contributed by atoms with E-state index >= 15 is 0 Å². The molecule has 0 saturated heterocycles. The Balaban J connectivity index is 1.78. The van der Waals surface area contributed by atoms with Crippen molar-refractivity contribution in [3.8, 4) is 17.2 Å². The number of nitrogens with one attached hydrogen (secondary N) is 1. The van der Waals surface area contributed by atoms with Crippen molar-refractivity contribution in [2.45, 2.75) is 25.4 Å². The Hall–Kier alpha value is -3.13. The number of ether oxygens (including phenoxy) is 2. The molecular formula is C22H23N3O4S. The van der Waals surface area contributed by atoms with Crippen molar-refractivity contribution in [2.75, 3.05) is 19.5 Å². The molecule has 7 nitrogen and oxygen atoms in total. The molecule has 1 N–H and O–H groups in total. The maximum Gasteiger partial charge on any atom is 0.260 e. The van der Waals surface area contributed by atoms with E-state index in [1.807, 2.05) is 32.0 Å². The number of aryl methyl sites for hydroxylation is 1. The molecule has 0 saturated carbocycles. The minimum atomic E-state index is -1.01. The molecule has 2 aromatic carbocycles. The Morgan fingerprint density at radius 1 is 1.13 bits per heavy atom. The number of carbonyl (C=O) groups is 1. The normalized spacial score (nSPS) is 15.0. The lowest BCUT2D eigenvalue weighted by Gasteiger charge is -2.15. The summed E-state index contributed by atoms with van der Waals surface area (Å²) in [4.78, 5) is 13.2. The van der Waals surface area contributed by atoms with Gasteiger partial charge in [0.15, 0.2) is 0 Å². The molecule has 1 aliphatic rings. The zero-order valence-electron chi connectivity index (χ0n) is 17.3. The molecule has 1 atom stereocenters. The van der Waals surface area contributed by atoms with Crippen LogP contribution in [0.3, 0.4) is 0 Å². The van der Waals surface area contributed by atoms with Crippen molar-refractivity contribution in [1.29, 1.82) is 0 Å². The summed E-state index contributed by atoms with van der Waals surface area (Å²) >= 11 is 0. The van der Waals surface area contributed by atoms with Crippen LogP contribution < -0.4 is 14.8 Å². The molecule has 0 radical (unpaired) electrons. The van der Waals surface area contributed by atoms with E-state index in [0.29, 0.717) is 34.4 Å². The first-order valence-corrected chi connectivity index (χ1v) is 11.0. The van der Waals surface area contributed by atoms with E-state index in [1.165, 1.54) is 7.11 Å². The van der Waals surface area contributed by atoms with Crippen LogP contribution in [0.25, 0.3) is 5.69 Å². The molecule has 0 fully saturated rings. The number of aromatic nitrogens is 2. The van der Waals surface area contributed by atoms with Gasteiger partial charge in [-0.2, -0.15) is 5.10 Å². The fourth-order valence-electron chi connectivity index (χ4n) is 3.56. The largest absolute Gasteiger partial charge is 0.497 e. The number of amides is 1. The molecule has 156 valence electrons. The van der Waals surface area contributed by atoms with Crippen LogP contribution in [0.2, 0.25) is 0 Å². The second-order valence-corrected chi connectivity index (χ2v) is 8.61.